The Morgan fingerprint density at radius 2 is 2.13 bits per heavy atom. The van der Waals surface area contributed by atoms with Crippen LogP contribution in [0.25, 0.3) is 0 Å². The monoisotopic (exact) mass is 271 g/mol. The van der Waals surface area contributed by atoms with Gasteiger partial charge in [-0.2, -0.15) is 0 Å². The van der Waals surface area contributed by atoms with Gasteiger partial charge < -0.3 is 5.32 Å². The van der Waals surface area contributed by atoms with Crippen molar-refractivity contribution in [1.29, 1.82) is 0 Å². The van der Waals surface area contributed by atoms with E-state index in [0.717, 1.165) is 10.0 Å². The zero-order chi connectivity index (χ0) is 11.1. The number of rotatable bonds is 3. The van der Waals surface area contributed by atoms with Crippen molar-refractivity contribution in [2.45, 2.75) is 25.8 Å². The maximum Gasteiger partial charge on any atom is 0.128 e. The van der Waals surface area contributed by atoms with Crippen LogP contribution in [0, 0.1) is 11.2 Å². The molecule has 0 amide bonds. The van der Waals surface area contributed by atoms with Gasteiger partial charge in [0.15, 0.2) is 0 Å². The predicted molar refractivity (Wildman–Crippen MR) is 63.2 cm³/mol. The van der Waals surface area contributed by atoms with Gasteiger partial charge in [-0.1, -0.05) is 22.9 Å². The molecule has 0 spiro atoms. The minimum Gasteiger partial charge on any atom is -0.312 e. The van der Waals surface area contributed by atoms with Crippen LogP contribution in [-0.2, 0) is 0 Å². The van der Waals surface area contributed by atoms with Gasteiger partial charge in [0, 0.05) is 16.1 Å². The van der Waals surface area contributed by atoms with Crippen LogP contribution < -0.4 is 5.32 Å². The van der Waals surface area contributed by atoms with Crippen LogP contribution in [0.2, 0.25) is 0 Å². The van der Waals surface area contributed by atoms with Gasteiger partial charge in [0.05, 0.1) is 0 Å². The molecule has 1 N–H and O–H groups in total. The maximum absolute atomic E-state index is 13.7. The van der Waals surface area contributed by atoms with Gasteiger partial charge >= 0.3 is 0 Å². The van der Waals surface area contributed by atoms with Crippen molar-refractivity contribution in [2.75, 3.05) is 7.05 Å². The summed E-state index contributed by atoms with van der Waals surface area (Å²) in [4.78, 5) is 0. The van der Waals surface area contributed by atoms with Gasteiger partial charge in [0.25, 0.3) is 0 Å². The van der Waals surface area contributed by atoms with Crippen molar-refractivity contribution < 1.29 is 4.39 Å². The second kappa shape index (κ2) is 3.87. The minimum absolute atomic E-state index is 0.120. The van der Waals surface area contributed by atoms with Crippen LogP contribution in [0.3, 0.4) is 0 Å². The van der Waals surface area contributed by atoms with Gasteiger partial charge in [-0.3, -0.25) is 0 Å². The van der Waals surface area contributed by atoms with Gasteiger partial charge in [0.2, 0.25) is 0 Å². The molecular weight excluding hydrogens is 257 g/mol. The molecule has 1 aliphatic carbocycles. The lowest BCUT2D eigenvalue weighted by molar-refractivity contribution is 0.377. The third-order valence-electron chi connectivity index (χ3n) is 3.29. The van der Waals surface area contributed by atoms with E-state index >= 15 is 0 Å². The average Bonchev–Trinajstić information content (AvgIpc) is 2.92. The van der Waals surface area contributed by atoms with E-state index < -0.39 is 0 Å². The summed E-state index contributed by atoms with van der Waals surface area (Å²) in [5.41, 5.74) is 1.00. The third kappa shape index (κ3) is 2.08. The van der Waals surface area contributed by atoms with Gasteiger partial charge in [0.1, 0.15) is 5.82 Å². The summed E-state index contributed by atoms with van der Waals surface area (Å²) in [7, 11) is 1.90. The van der Waals surface area contributed by atoms with Crippen LogP contribution in [-0.4, -0.2) is 7.05 Å². The van der Waals surface area contributed by atoms with Crippen molar-refractivity contribution in [3.8, 4) is 0 Å². The second-order valence-electron chi connectivity index (χ2n) is 4.54. The Labute approximate surface area is 98.2 Å². The smallest absolute Gasteiger partial charge is 0.128 e. The summed E-state index contributed by atoms with van der Waals surface area (Å²) in [6.07, 6.45) is 2.34. The lowest BCUT2D eigenvalue weighted by Gasteiger charge is -2.24. The number of benzene rings is 1. The van der Waals surface area contributed by atoms with E-state index in [1.165, 1.54) is 18.9 Å². The van der Waals surface area contributed by atoms with E-state index in [1.807, 2.05) is 13.1 Å². The van der Waals surface area contributed by atoms with Crippen molar-refractivity contribution >= 4 is 15.9 Å². The molecule has 1 fully saturated rings. The third-order valence-corrected chi connectivity index (χ3v) is 3.79. The molecule has 1 aromatic rings. The number of halogens is 2. The Balaban J connectivity index is 2.37. The Morgan fingerprint density at radius 3 is 2.67 bits per heavy atom. The fourth-order valence-corrected chi connectivity index (χ4v) is 2.48. The van der Waals surface area contributed by atoms with Crippen LogP contribution in [0.4, 0.5) is 4.39 Å². The summed E-state index contributed by atoms with van der Waals surface area (Å²) in [6, 6.07) is 5.26. The number of hydrogen-bond donors (Lipinski definition) is 1. The molecule has 82 valence electrons. The lowest BCUT2D eigenvalue weighted by atomic mass is 9.91. The van der Waals surface area contributed by atoms with Gasteiger partial charge in [-0.05, 0) is 43.5 Å². The zero-order valence-corrected chi connectivity index (χ0v) is 10.6. The first kappa shape index (κ1) is 11.1. The zero-order valence-electron chi connectivity index (χ0n) is 8.98. The molecule has 0 aromatic heterocycles. The molecule has 1 atom stereocenters. The summed E-state index contributed by atoms with van der Waals surface area (Å²) in [6.45, 7) is 2.20. The Hall–Kier alpha value is -0.410. The highest BCUT2D eigenvalue weighted by atomic mass is 79.9. The maximum atomic E-state index is 13.7. The van der Waals surface area contributed by atoms with Crippen LogP contribution in [0.5, 0.6) is 0 Å². The summed E-state index contributed by atoms with van der Waals surface area (Å²) in [5.74, 6) is -0.120. The van der Waals surface area contributed by atoms with E-state index in [9.17, 15) is 4.39 Å². The van der Waals surface area contributed by atoms with Crippen LogP contribution >= 0.6 is 15.9 Å². The highest BCUT2D eigenvalue weighted by Gasteiger charge is 2.45. The molecule has 1 saturated carbocycles. The first-order valence-corrected chi connectivity index (χ1v) is 5.98. The Morgan fingerprint density at radius 1 is 1.47 bits per heavy atom. The van der Waals surface area contributed by atoms with Gasteiger partial charge in [-0.15, -0.1) is 0 Å². The van der Waals surface area contributed by atoms with Gasteiger partial charge in [-0.25, -0.2) is 4.39 Å². The lowest BCUT2D eigenvalue weighted by Crippen LogP contribution is -2.25. The molecule has 0 heterocycles. The topological polar surface area (TPSA) is 12.0 Å². The molecule has 0 aliphatic heterocycles. The molecule has 2 rings (SSSR count). The summed E-state index contributed by atoms with van der Waals surface area (Å²) >= 11 is 3.39. The molecule has 0 bridgehead atoms. The van der Waals surface area contributed by atoms with Crippen molar-refractivity contribution in [1.82, 2.24) is 5.32 Å². The quantitative estimate of drug-likeness (QED) is 0.885. The molecular formula is C12H15BrFN. The number of nitrogens with one attached hydrogen (secondary N) is 1. The molecule has 0 saturated heterocycles. The molecule has 15 heavy (non-hydrogen) atoms. The van der Waals surface area contributed by atoms with E-state index in [1.54, 1.807) is 6.07 Å². The molecule has 1 aromatic carbocycles. The highest BCUT2D eigenvalue weighted by Crippen LogP contribution is 2.54. The fraction of sp³-hybridized carbons (Fsp3) is 0.500. The summed E-state index contributed by atoms with van der Waals surface area (Å²) < 4.78 is 14.6. The highest BCUT2D eigenvalue weighted by molar-refractivity contribution is 9.10. The molecule has 0 radical (unpaired) electrons. The van der Waals surface area contributed by atoms with Crippen molar-refractivity contribution in [3.63, 3.8) is 0 Å². The van der Waals surface area contributed by atoms with E-state index in [2.05, 4.69) is 28.2 Å². The van der Waals surface area contributed by atoms with Crippen LogP contribution in [0.15, 0.2) is 22.7 Å². The van der Waals surface area contributed by atoms with E-state index in [-0.39, 0.29) is 17.3 Å². The number of hydrogen-bond acceptors (Lipinski definition) is 1. The Kier molecular flexibility index (Phi) is 2.86. The van der Waals surface area contributed by atoms with E-state index in [0.29, 0.717) is 0 Å². The molecule has 1 unspecified atom stereocenters. The van der Waals surface area contributed by atoms with Crippen LogP contribution in [0.1, 0.15) is 31.4 Å². The van der Waals surface area contributed by atoms with Crippen molar-refractivity contribution in [3.05, 3.63) is 34.1 Å². The van der Waals surface area contributed by atoms with Crippen molar-refractivity contribution in [2.24, 2.45) is 5.41 Å². The average molecular weight is 272 g/mol. The molecule has 1 aliphatic rings. The first-order valence-electron chi connectivity index (χ1n) is 5.19. The normalized spacial score (nSPS) is 20.0. The van der Waals surface area contributed by atoms with E-state index in [4.69, 9.17) is 0 Å². The fourth-order valence-electron chi connectivity index (χ4n) is 2.10. The first-order chi connectivity index (χ1) is 7.07. The second-order valence-corrected chi connectivity index (χ2v) is 5.46. The standard InChI is InChI=1S/C12H15BrFN/c1-12(5-6-12)11(15-2)9-7-8(13)3-4-10(9)14/h3-4,7,11,15H,5-6H2,1-2H3. The predicted octanol–water partition coefficient (Wildman–Crippen LogP) is 3.65. The largest absolute Gasteiger partial charge is 0.312 e. The Bertz CT molecular complexity index is 374. The summed E-state index contributed by atoms with van der Waals surface area (Å²) in [5, 5.41) is 3.23. The molecule has 1 nitrogen and oxygen atoms in total. The molecule has 3 heteroatoms. The minimum atomic E-state index is -0.120. The SMILES string of the molecule is CNC(c1cc(Br)ccc1F)C1(C)CC1.